The number of aryl methyl sites for hydroxylation is 1. The van der Waals surface area contributed by atoms with Gasteiger partial charge >= 0.3 is 0 Å². The molecule has 0 spiro atoms. The van der Waals surface area contributed by atoms with Gasteiger partial charge in [0.15, 0.2) is 0 Å². The molecule has 1 rings (SSSR count). The molecule has 0 unspecified atom stereocenters. The van der Waals surface area contributed by atoms with Crippen LogP contribution >= 0.6 is 0 Å². The maximum Gasteiger partial charge on any atom is 0.0824 e. The van der Waals surface area contributed by atoms with E-state index in [-0.39, 0.29) is 0 Å². The van der Waals surface area contributed by atoms with Crippen LogP contribution in [0.5, 0.6) is 0 Å². The van der Waals surface area contributed by atoms with E-state index in [1.165, 1.54) is 44.9 Å². The molecule has 0 aliphatic rings. The van der Waals surface area contributed by atoms with Crippen molar-refractivity contribution in [3.05, 3.63) is 11.9 Å². The van der Waals surface area contributed by atoms with Gasteiger partial charge in [-0.1, -0.05) is 59.3 Å². The summed E-state index contributed by atoms with van der Waals surface area (Å²) in [7, 11) is 0. The second-order valence-electron chi connectivity index (χ2n) is 4.19. The lowest BCUT2D eigenvalue weighted by molar-refractivity contribution is 0.604. The van der Waals surface area contributed by atoms with Gasteiger partial charge in [0, 0.05) is 0 Å². The zero-order valence-electron chi connectivity index (χ0n) is 11.1. The Kier molecular flexibility index (Phi) is 11.6. The molecular weight excluding hydrogens is 198 g/mol. The van der Waals surface area contributed by atoms with Gasteiger partial charge in [0.1, 0.15) is 0 Å². The first-order valence-corrected chi connectivity index (χ1v) is 6.69. The van der Waals surface area contributed by atoms with Gasteiger partial charge in [0.25, 0.3) is 0 Å². The van der Waals surface area contributed by atoms with Gasteiger partial charge in [-0.3, -0.25) is 0 Å². The Labute approximate surface area is 100 Å². The van der Waals surface area contributed by atoms with Crippen molar-refractivity contribution in [2.45, 2.75) is 72.1 Å². The molecule has 0 aliphatic carbocycles. The fourth-order valence-corrected chi connectivity index (χ4v) is 1.43. The van der Waals surface area contributed by atoms with Crippen LogP contribution in [0.15, 0.2) is 6.20 Å². The van der Waals surface area contributed by atoms with Crippen molar-refractivity contribution < 1.29 is 0 Å². The average Bonchev–Trinajstić information content (AvgIpc) is 2.77. The van der Waals surface area contributed by atoms with Gasteiger partial charge in [-0.2, -0.15) is 15.4 Å². The molecule has 0 aromatic carbocycles. The summed E-state index contributed by atoms with van der Waals surface area (Å²) < 4.78 is 0. The number of hydrogen-bond acceptors (Lipinski definition) is 2. The largest absolute Gasteiger partial charge is 0.198 e. The summed E-state index contributed by atoms with van der Waals surface area (Å²) in [4.78, 5) is 0. The molecular formula is C13H27N3. The summed E-state index contributed by atoms with van der Waals surface area (Å²) in [5.41, 5.74) is 1.09. The highest BCUT2D eigenvalue weighted by atomic mass is 15.3. The Hall–Kier alpha value is -0.860. The summed E-state index contributed by atoms with van der Waals surface area (Å²) in [6.07, 6.45) is 12.2. The summed E-state index contributed by atoms with van der Waals surface area (Å²) in [5.74, 6) is 0. The van der Waals surface area contributed by atoms with E-state index in [0.717, 1.165) is 12.1 Å². The second-order valence-corrected chi connectivity index (χ2v) is 4.19. The smallest absolute Gasteiger partial charge is 0.0824 e. The van der Waals surface area contributed by atoms with Crippen molar-refractivity contribution in [2.24, 2.45) is 0 Å². The fraction of sp³-hybridized carbons (Fsp3) is 0.846. The lowest BCUT2D eigenvalue weighted by Crippen LogP contribution is -1.86. The third-order valence-corrected chi connectivity index (χ3v) is 2.25. The van der Waals surface area contributed by atoms with Crippen LogP contribution in [0.1, 0.15) is 71.4 Å². The highest BCUT2D eigenvalue weighted by molar-refractivity contribution is 4.89. The van der Waals surface area contributed by atoms with Crippen molar-refractivity contribution in [2.75, 3.05) is 0 Å². The second kappa shape index (κ2) is 12.2. The van der Waals surface area contributed by atoms with Crippen LogP contribution in [-0.2, 0) is 6.42 Å². The summed E-state index contributed by atoms with van der Waals surface area (Å²) >= 11 is 0. The number of H-pyrrole nitrogens is 1. The van der Waals surface area contributed by atoms with Crippen molar-refractivity contribution in [1.29, 1.82) is 0 Å². The molecule has 0 saturated heterocycles. The van der Waals surface area contributed by atoms with Crippen LogP contribution < -0.4 is 0 Å². The standard InChI is InChI=1S/C10H19N3.C3H8/c1-2-3-4-5-6-7-8-10-9-11-13-12-10;1-3-2/h9H,2-8H2,1H3,(H,11,12,13);3H2,1-2H3. The average molecular weight is 225 g/mol. The van der Waals surface area contributed by atoms with Gasteiger partial charge in [-0.25, -0.2) is 0 Å². The SMILES string of the molecule is CCC.CCCCCCCCc1cn[nH]n1. The van der Waals surface area contributed by atoms with Crippen LogP contribution in [0, 0.1) is 0 Å². The van der Waals surface area contributed by atoms with E-state index in [4.69, 9.17) is 0 Å². The number of nitrogens with one attached hydrogen (secondary N) is 1. The van der Waals surface area contributed by atoms with Crippen molar-refractivity contribution >= 4 is 0 Å². The van der Waals surface area contributed by atoms with Crippen LogP contribution in [0.2, 0.25) is 0 Å². The molecule has 16 heavy (non-hydrogen) atoms. The highest BCUT2D eigenvalue weighted by Crippen LogP contribution is 2.07. The normalized spacial score (nSPS) is 9.69. The Morgan fingerprint density at radius 3 is 2.19 bits per heavy atom. The molecule has 3 nitrogen and oxygen atoms in total. The van der Waals surface area contributed by atoms with Crippen molar-refractivity contribution in [1.82, 2.24) is 15.4 Å². The molecule has 0 atom stereocenters. The molecule has 0 aliphatic heterocycles. The maximum absolute atomic E-state index is 4.01. The molecule has 0 saturated carbocycles. The van der Waals surface area contributed by atoms with E-state index in [1.807, 2.05) is 6.20 Å². The van der Waals surface area contributed by atoms with Gasteiger partial charge in [-0.05, 0) is 12.8 Å². The number of rotatable bonds is 7. The quantitative estimate of drug-likeness (QED) is 0.709. The van der Waals surface area contributed by atoms with Gasteiger partial charge in [0.05, 0.1) is 11.9 Å². The van der Waals surface area contributed by atoms with Crippen LogP contribution in [0.3, 0.4) is 0 Å². The Bertz CT molecular complexity index is 207. The fourth-order valence-electron chi connectivity index (χ4n) is 1.43. The minimum absolute atomic E-state index is 1.07. The minimum atomic E-state index is 1.07. The lowest BCUT2D eigenvalue weighted by Gasteiger charge is -1.97. The van der Waals surface area contributed by atoms with Gasteiger partial charge < -0.3 is 0 Å². The first-order valence-electron chi connectivity index (χ1n) is 6.69. The first-order chi connectivity index (χ1) is 7.85. The monoisotopic (exact) mass is 225 g/mol. The topological polar surface area (TPSA) is 41.6 Å². The zero-order chi connectivity index (χ0) is 12.1. The number of hydrogen-bond donors (Lipinski definition) is 1. The van der Waals surface area contributed by atoms with E-state index >= 15 is 0 Å². The lowest BCUT2D eigenvalue weighted by atomic mass is 10.1. The summed E-state index contributed by atoms with van der Waals surface area (Å²) in [5, 5.41) is 10.4. The van der Waals surface area contributed by atoms with Crippen molar-refractivity contribution in [3.8, 4) is 0 Å². The highest BCUT2D eigenvalue weighted by Gasteiger charge is 1.95. The molecule has 0 fully saturated rings. The molecule has 1 aromatic rings. The molecule has 0 bridgehead atoms. The Morgan fingerprint density at radius 1 is 1.00 bits per heavy atom. The predicted molar refractivity (Wildman–Crippen MR) is 69.4 cm³/mol. The van der Waals surface area contributed by atoms with E-state index in [2.05, 4.69) is 36.2 Å². The van der Waals surface area contributed by atoms with Crippen LogP contribution in [0.25, 0.3) is 0 Å². The molecule has 3 heteroatoms. The van der Waals surface area contributed by atoms with Crippen LogP contribution in [-0.4, -0.2) is 15.4 Å². The van der Waals surface area contributed by atoms with E-state index < -0.39 is 0 Å². The molecule has 0 radical (unpaired) electrons. The Balaban J connectivity index is 0.000000673. The molecule has 1 N–H and O–H groups in total. The third-order valence-electron chi connectivity index (χ3n) is 2.25. The van der Waals surface area contributed by atoms with Gasteiger partial charge in [-0.15, -0.1) is 0 Å². The minimum Gasteiger partial charge on any atom is -0.198 e. The third kappa shape index (κ3) is 9.69. The molecule has 94 valence electrons. The van der Waals surface area contributed by atoms with Crippen LogP contribution in [0.4, 0.5) is 0 Å². The maximum atomic E-state index is 4.01. The van der Waals surface area contributed by atoms with Crippen molar-refractivity contribution in [3.63, 3.8) is 0 Å². The zero-order valence-corrected chi connectivity index (χ0v) is 11.1. The number of unbranched alkanes of at least 4 members (excludes halogenated alkanes) is 5. The van der Waals surface area contributed by atoms with E-state index in [0.29, 0.717) is 0 Å². The Morgan fingerprint density at radius 2 is 1.62 bits per heavy atom. The molecule has 1 heterocycles. The van der Waals surface area contributed by atoms with Gasteiger partial charge in [0.2, 0.25) is 0 Å². The number of aromatic nitrogens is 3. The molecule has 0 amide bonds. The van der Waals surface area contributed by atoms with E-state index in [9.17, 15) is 0 Å². The summed E-state index contributed by atoms with van der Waals surface area (Å²) in [6, 6.07) is 0. The molecule has 1 aromatic heterocycles. The number of nitrogens with zero attached hydrogens (tertiary/aromatic N) is 2. The predicted octanol–water partition coefficient (Wildman–Crippen LogP) is 4.12. The summed E-state index contributed by atoms with van der Waals surface area (Å²) in [6.45, 7) is 6.50. The van der Waals surface area contributed by atoms with E-state index in [1.54, 1.807) is 0 Å². The number of aromatic amines is 1. The first kappa shape index (κ1) is 15.1.